The second-order valence-corrected chi connectivity index (χ2v) is 17.8. The lowest BCUT2D eigenvalue weighted by atomic mass is 10.3. The molecule has 0 saturated heterocycles. The van der Waals surface area contributed by atoms with E-state index >= 15 is 0 Å². The number of hydrogen-bond acceptors (Lipinski definition) is 4. The molecule has 0 unspecified atom stereocenters. The van der Waals surface area contributed by atoms with Crippen molar-refractivity contribution >= 4 is 191 Å². The normalized spacial score (nSPS) is 12.1. The van der Waals surface area contributed by atoms with Gasteiger partial charge in [-0.2, -0.15) is 0 Å². The van der Waals surface area contributed by atoms with E-state index in [9.17, 15) is 16.8 Å². The predicted octanol–water partition coefficient (Wildman–Crippen LogP) is 10.9. The van der Waals surface area contributed by atoms with Crippen molar-refractivity contribution < 1.29 is 16.8 Å². The molecule has 6 nitrogen and oxygen atoms in total. The third-order valence-corrected chi connectivity index (χ3v) is 20.4. The molecule has 0 aromatic heterocycles. The van der Waals surface area contributed by atoms with E-state index in [2.05, 4.69) is 169 Å². The molecule has 2 N–H and O–H groups in total. The molecule has 0 aliphatic heterocycles. The Morgan fingerprint density at radius 2 is 0.583 bits per heavy atom. The van der Waals surface area contributed by atoms with Gasteiger partial charge in [-0.15, -0.1) is 0 Å². The van der Waals surface area contributed by atoms with Crippen LogP contribution in [0.3, 0.4) is 0 Å². The summed E-state index contributed by atoms with van der Waals surface area (Å²) in [5, 5.41) is 0. The maximum atomic E-state index is 13.2. The average molecular weight is 1180 g/mol. The van der Waals surface area contributed by atoms with Crippen molar-refractivity contribution in [1.29, 1.82) is 0 Å². The van der Waals surface area contributed by atoms with Crippen LogP contribution in [0, 0.1) is 0 Å². The first-order chi connectivity index (χ1) is 16.5. The van der Waals surface area contributed by atoms with E-state index in [1.807, 2.05) is 0 Å². The summed E-state index contributed by atoms with van der Waals surface area (Å²) in [5.41, 5.74) is 0.451. The molecule has 0 aliphatic rings. The van der Waals surface area contributed by atoms with Crippen LogP contribution in [0.15, 0.2) is 78.8 Å². The van der Waals surface area contributed by atoms with Crippen LogP contribution in [0.5, 0.6) is 0 Å². The Labute approximate surface area is 291 Å². The summed E-state index contributed by atoms with van der Waals surface area (Å²) < 4.78 is 62.1. The summed E-state index contributed by atoms with van der Waals surface area (Å²) in [5.74, 6) is 0. The average Bonchev–Trinajstić information content (AvgIpc) is 2.79. The molecule has 3 rings (SSSR count). The minimum atomic E-state index is -4.04. The van der Waals surface area contributed by atoms with E-state index in [-0.39, 0.29) is 21.2 Å². The third-order valence-electron chi connectivity index (χ3n) is 4.27. The molecule has 18 heteroatoms. The molecule has 0 fully saturated rings. The zero-order valence-electron chi connectivity index (χ0n) is 16.5. The Morgan fingerprint density at radius 1 is 0.389 bits per heavy atom. The van der Waals surface area contributed by atoms with E-state index in [1.54, 1.807) is 0 Å². The summed E-state index contributed by atoms with van der Waals surface area (Å²) >= 11 is 33.4. The van der Waals surface area contributed by atoms with Gasteiger partial charge >= 0.3 is 0 Å². The van der Waals surface area contributed by atoms with Crippen LogP contribution in [0.4, 0.5) is 11.4 Å². The minimum absolute atomic E-state index is 0.0321. The molecule has 0 aliphatic carbocycles. The van der Waals surface area contributed by atoms with Crippen LogP contribution < -0.4 is 9.44 Å². The molecular formula is C18H6Br10N2O4S2. The van der Waals surface area contributed by atoms with Crippen LogP contribution in [-0.4, -0.2) is 16.8 Å². The highest BCUT2D eigenvalue weighted by Crippen LogP contribution is 2.48. The molecule has 0 bridgehead atoms. The first kappa shape index (κ1) is 32.5. The molecule has 0 heterocycles. The molecule has 3 aromatic rings. The largest absolute Gasteiger partial charge is 0.280 e. The topological polar surface area (TPSA) is 92.3 Å². The van der Waals surface area contributed by atoms with Gasteiger partial charge in [-0.05, 0) is 184 Å². The zero-order chi connectivity index (χ0) is 27.3. The fourth-order valence-electron chi connectivity index (χ4n) is 2.66. The van der Waals surface area contributed by atoms with Crippen molar-refractivity contribution in [3.63, 3.8) is 0 Å². The van der Waals surface area contributed by atoms with Gasteiger partial charge < -0.3 is 0 Å². The Balaban J connectivity index is 1.93. The Kier molecular flexibility index (Phi) is 11.2. The molecule has 0 radical (unpaired) electrons. The standard InChI is InChI=1S/C18H6Br10N2O4S2/c19-7-9(21)13(25)17(14(26)10(7)22)35(31,32)29-5-1-2-6(4-3-5)30-36(33,34)18-15(27)11(23)8(20)12(24)16(18)28/h1-4,29-30H. The minimum Gasteiger partial charge on any atom is -0.280 e. The lowest BCUT2D eigenvalue weighted by Crippen LogP contribution is -2.16. The van der Waals surface area contributed by atoms with Crippen molar-refractivity contribution in [2.24, 2.45) is 0 Å². The number of hydrogen-bond donors (Lipinski definition) is 2. The molecule has 0 spiro atoms. The van der Waals surface area contributed by atoms with Crippen molar-refractivity contribution in [2.45, 2.75) is 9.79 Å². The number of anilines is 2. The van der Waals surface area contributed by atoms with Crippen LogP contribution >= 0.6 is 159 Å². The molecular weight excluding hydrogens is 1170 g/mol. The molecule has 194 valence electrons. The maximum Gasteiger partial charge on any atom is 0.264 e. The summed E-state index contributed by atoms with van der Waals surface area (Å²) in [6.07, 6.45) is 0. The third kappa shape index (κ3) is 6.54. The molecule has 0 atom stereocenters. The monoisotopic (exact) mass is 1170 g/mol. The maximum absolute atomic E-state index is 13.2. The van der Waals surface area contributed by atoms with E-state index < -0.39 is 20.0 Å². The van der Waals surface area contributed by atoms with Gasteiger partial charge in [0.15, 0.2) is 0 Å². The van der Waals surface area contributed by atoms with Crippen LogP contribution in [0.1, 0.15) is 0 Å². The van der Waals surface area contributed by atoms with Crippen molar-refractivity contribution in [1.82, 2.24) is 0 Å². The van der Waals surface area contributed by atoms with E-state index in [0.29, 0.717) is 44.7 Å². The van der Waals surface area contributed by atoms with Crippen LogP contribution in [-0.2, 0) is 20.0 Å². The summed E-state index contributed by atoms with van der Waals surface area (Å²) in [6, 6.07) is 5.77. The van der Waals surface area contributed by atoms with Crippen molar-refractivity contribution in [3.8, 4) is 0 Å². The Bertz CT molecular complexity index is 1430. The van der Waals surface area contributed by atoms with Gasteiger partial charge in [-0.1, -0.05) is 0 Å². The van der Waals surface area contributed by atoms with Gasteiger partial charge in [0.1, 0.15) is 9.79 Å². The molecule has 0 amide bonds. The van der Waals surface area contributed by atoms with Gasteiger partial charge in [0, 0.05) is 38.2 Å². The lowest BCUT2D eigenvalue weighted by Gasteiger charge is -2.16. The Hall–Kier alpha value is 1.96. The van der Waals surface area contributed by atoms with E-state index in [0.717, 1.165) is 0 Å². The number of halogens is 10. The SMILES string of the molecule is O=S(=O)(Nc1ccc(NS(=O)(=O)c2c(Br)c(Br)c(Br)c(Br)c2Br)cc1)c1c(Br)c(Br)c(Br)c(Br)c1Br. The molecule has 3 aromatic carbocycles. The van der Waals surface area contributed by atoms with Crippen LogP contribution in [0.25, 0.3) is 0 Å². The highest BCUT2D eigenvalue weighted by Gasteiger charge is 2.29. The van der Waals surface area contributed by atoms with Crippen molar-refractivity contribution in [2.75, 3.05) is 9.44 Å². The van der Waals surface area contributed by atoms with Gasteiger partial charge in [0.25, 0.3) is 20.0 Å². The Morgan fingerprint density at radius 3 is 0.806 bits per heavy atom. The quantitative estimate of drug-likeness (QED) is 0.190. The molecule has 0 saturated carbocycles. The number of sulfonamides is 2. The molecule has 36 heavy (non-hydrogen) atoms. The second kappa shape index (κ2) is 12.4. The highest BCUT2D eigenvalue weighted by atomic mass is 79.9. The smallest absolute Gasteiger partial charge is 0.264 e. The zero-order valence-corrected chi connectivity index (χ0v) is 34.0. The van der Waals surface area contributed by atoms with Gasteiger partial charge in [-0.3, -0.25) is 9.44 Å². The summed E-state index contributed by atoms with van der Waals surface area (Å²) in [7, 11) is -8.09. The van der Waals surface area contributed by atoms with E-state index in [1.165, 1.54) is 24.3 Å². The first-order valence-electron chi connectivity index (χ1n) is 8.69. The fraction of sp³-hybridized carbons (Fsp3) is 0. The predicted molar refractivity (Wildman–Crippen MR) is 178 cm³/mol. The van der Waals surface area contributed by atoms with Gasteiger partial charge in [0.05, 0.1) is 17.9 Å². The van der Waals surface area contributed by atoms with Gasteiger partial charge in [-0.25, -0.2) is 16.8 Å². The lowest BCUT2D eigenvalue weighted by molar-refractivity contribution is 0.598. The number of nitrogens with one attached hydrogen (secondary N) is 2. The highest BCUT2D eigenvalue weighted by molar-refractivity contribution is 9.16. The van der Waals surface area contributed by atoms with Crippen molar-refractivity contribution in [3.05, 3.63) is 69.0 Å². The first-order valence-corrected chi connectivity index (χ1v) is 19.6. The van der Waals surface area contributed by atoms with Gasteiger partial charge in [0.2, 0.25) is 0 Å². The summed E-state index contributed by atoms with van der Waals surface area (Å²) in [4.78, 5) is -0.0642. The van der Waals surface area contributed by atoms with E-state index in [4.69, 9.17) is 0 Å². The fourth-order valence-corrected chi connectivity index (χ4v) is 14.3. The summed E-state index contributed by atoms with van der Waals surface area (Å²) in [6.45, 7) is 0. The number of benzene rings is 3. The number of rotatable bonds is 6. The van der Waals surface area contributed by atoms with Crippen LogP contribution in [0.2, 0.25) is 0 Å². The second-order valence-electron chi connectivity index (χ2n) is 6.59.